The van der Waals surface area contributed by atoms with Crippen molar-refractivity contribution < 1.29 is 37.6 Å². The molecule has 3 N–H and O–H groups in total. The fourth-order valence-electron chi connectivity index (χ4n) is 7.56. The summed E-state index contributed by atoms with van der Waals surface area (Å²) < 4.78 is 33.0. The second-order valence-electron chi connectivity index (χ2n) is 18.8. The van der Waals surface area contributed by atoms with Gasteiger partial charge >= 0.3 is 19.8 Å². The second-order valence-corrected chi connectivity index (χ2v) is 20.2. The lowest BCUT2D eigenvalue weighted by atomic mass is 10.1. The van der Waals surface area contributed by atoms with Gasteiger partial charge in [-0.05, 0) is 109 Å². The molecule has 0 saturated carbocycles. The SMILES string of the molecule is CC/C=C\C/C=C\C/C=C\C/C=C\C/C=C\C/C=C\C/C=C\C/C=C\CCCCCCCCCCC(=O)OC(COC(=O)CCCCCCCCCCC/C=C\C/C=C\CCCCC)COP(=O)(O)OCCN. The van der Waals surface area contributed by atoms with Gasteiger partial charge in [-0.25, -0.2) is 4.57 Å². The quantitative estimate of drug-likeness (QED) is 0.0264. The molecule has 0 spiro atoms. The standard InChI is InChI=1S/C63H106NO8P/c1-3-5-7-9-11-13-15-17-19-21-23-24-25-26-27-28-29-30-31-32-33-34-35-36-38-40-42-44-46-48-50-52-54-56-63(66)72-61(60-71-73(67,68)70-58-57-64)59-69-62(65)55-53-51-49-47-45-43-41-39-37-22-20-18-16-14-12-10-8-6-4-2/h5,7,11-14,17-20,23-24,26-27,29-30,32-33,35-36,61H,3-4,6,8-10,15-16,21-22,25,28,31,34,37-60,64H2,1-2H3,(H,67,68)/b7-5-,13-11-,14-12-,19-17-,20-18-,24-23-,27-26-,30-29-,33-32-,36-35-. The number of hydrogen-bond donors (Lipinski definition) is 2. The Bertz CT molecular complexity index is 1600. The first-order chi connectivity index (χ1) is 35.8. The average Bonchev–Trinajstić information content (AvgIpc) is 3.38. The van der Waals surface area contributed by atoms with Crippen LogP contribution in [0.2, 0.25) is 0 Å². The summed E-state index contributed by atoms with van der Waals surface area (Å²) in [6.07, 6.45) is 79.6. The highest BCUT2D eigenvalue weighted by molar-refractivity contribution is 7.47. The van der Waals surface area contributed by atoms with Crippen LogP contribution in [0.1, 0.15) is 232 Å². The Hall–Kier alpha value is -3.59. The van der Waals surface area contributed by atoms with E-state index >= 15 is 0 Å². The molecule has 10 heteroatoms. The molecule has 0 fully saturated rings. The number of esters is 2. The van der Waals surface area contributed by atoms with Gasteiger partial charge in [-0.3, -0.25) is 18.6 Å². The highest BCUT2D eigenvalue weighted by Gasteiger charge is 2.26. The van der Waals surface area contributed by atoms with E-state index in [1.165, 1.54) is 83.5 Å². The number of ether oxygens (including phenoxy) is 2. The molecule has 2 unspecified atom stereocenters. The summed E-state index contributed by atoms with van der Waals surface area (Å²) in [5.74, 6) is -0.848. The van der Waals surface area contributed by atoms with E-state index in [1.54, 1.807) is 0 Å². The maximum Gasteiger partial charge on any atom is 0.472 e. The van der Waals surface area contributed by atoms with Crippen LogP contribution in [-0.4, -0.2) is 49.3 Å². The molecule has 0 heterocycles. The van der Waals surface area contributed by atoms with Crippen molar-refractivity contribution in [1.29, 1.82) is 0 Å². The van der Waals surface area contributed by atoms with Crippen molar-refractivity contribution in [1.82, 2.24) is 0 Å². The molecule has 0 aliphatic carbocycles. The molecule has 9 nitrogen and oxygen atoms in total. The van der Waals surface area contributed by atoms with Crippen LogP contribution in [0.5, 0.6) is 0 Å². The summed E-state index contributed by atoms with van der Waals surface area (Å²) in [4.78, 5) is 35.2. The van der Waals surface area contributed by atoms with E-state index in [9.17, 15) is 19.0 Å². The number of allylic oxidation sites excluding steroid dienone is 20. The van der Waals surface area contributed by atoms with Gasteiger partial charge in [0.2, 0.25) is 0 Å². The molecule has 0 saturated heterocycles. The summed E-state index contributed by atoms with van der Waals surface area (Å²) in [5.41, 5.74) is 5.38. The molecular weight excluding hydrogens is 930 g/mol. The molecule has 0 bridgehead atoms. The zero-order valence-electron chi connectivity index (χ0n) is 46.3. The minimum atomic E-state index is -4.40. The summed E-state index contributed by atoms with van der Waals surface area (Å²) in [7, 11) is -4.40. The van der Waals surface area contributed by atoms with Crippen LogP contribution in [0.3, 0.4) is 0 Å². The number of hydrogen-bond acceptors (Lipinski definition) is 8. The van der Waals surface area contributed by atoms with Crippen LogP contribution in [0, 0.1) is 0 Å². The Kier molecular flexibility index (Phi) is 54.8. The Morgan fingerprint density at radius 1 is 0.425 bits per heavy atom. The van der Waals surface area contributed by atoms with Crippen LogP contribution in [0.25, 0.3) is 0 Å². The van der Waals surface area contributed by atoms with Crippen LogP contribution in [0.15, 0.2) is 122 Å². The fraction of sp³-hybridized carbons (Fsp3) is 0.651. The second kappa shape index (κ2) is 57.7. The summed E-state index contributed by atoms with van der Waals surface area (Å²) in [5, 5.41) is 0. The monoisotopic (exact) mass is 1040 g/mol. The van der Waals surface area contributed by atoms with Gasteiger partial charge < -0.3 is 20.1 Å². The van der Waals surface area contributed by atoms with E-state index in [0.29, 0.717) is 6.42 Å². The van der Waals surface area contributed by atoms with Gasteiger partial charge in [0, 0.05) is 19.4 Å². The van der Waals surface area contributed by atoms with Crippen LogP contribution >= 0.6 is 7.82 Å². The van der Waals surface area contributed by atoms with Crippen LogP contribution in [0.4, 0.5) is 0 Å². The van der Waals surface area contributed by atoms with E-state index in [1.807, 2.05) is 0 Å². The molecule has 0 aliphatic rings. The molecule has 0 radical (unpaired) electrons. The summed E-state index contributed by atoms with van der Waals surface area (Å²) in [6, 6.07) is 0. The van der Waals surface area contributed by atoms with Crippen molar-refractivity contribution in [3.05, 3.63) is 122 Å². The minimum absolute atomic E-state index is 0.0454. The Morgan fingerprint density at radius 2 is 0.753 bits per heavy atom. The third kappa shape index (κ3) is 57.5. The van der Waals surface area contributed by atoms with Gasteiger partial charge in [0.05, 0.1) is 13.2 Å². The number of phosphoric ester groups is 1. The Morgan fingerprint density at radius 3 is 1.12 bits per heavy atom. The zero-order valence-corrected chi connectivity index (χ0v) is 47.2. The van der Waals surface area contributed by atoms with Crippen molar-refractivity contribution >= 4 is 19.8 Å². The predicted molar refractivity (Wildman–Crippen MR) is 311 cm³/mol. The summed E-state index contributed by atoms with van der Waals surface area (Å²) in [6.45, 7) is 3.58. The van der Waals surface area contributed by atoms with Crippen molar-refractivity contribution in [2.75, 3.05) is 26.4 Å². The van der Waals surface area contributed by atoms with E-state index in [2.05, 4.69) is 135 Å². The normalized spacial score (nSPS) is 14.0. The minimum Gasteiger partial charge on any atom is -0.462 e. The molecule has 0 rings (SSSR count). The van der Waals surface area contributed by atoms with Gasteiger partial charge in [-0.2, -0.15) is 0 Å². The lowest BCUT2D eigenvalue weighted by molar-refractivity contribution is -0.161. The molecule has 0 amide bonds. The molecule has 0 aromatic carbocycles. The first-order valence-corrected chi connectivity index (χ1v) is 30.5. The van der Waals surface area contributed by atoms with E-state index in [-0.39, 0.29) is 32.6 Å². The number of carbonyl (C=O) groups is 2. The predicted octanol–water partition coefficient (Wildman–Crippen LogP) is 18.4. The molecule has 416 valence electrons. The van der Waals surface area contributed by atoms with Crippen molar-refractivity contribution in [2.45, 2.75) is 238 Å². The van der Waals surface area contributed by atoms with Crippen molar-refractivity contribution in [3.8, 4) is 0 Å². The van der Waals surface area contributed by atoms with Crippen molar-refractivity contribution in [2.24, 2.45) is 5.73 Å². The van der Waals surface area contributed by atoms with E-state index < -0.39 is 32.5 Å². The Balaban J connectivity index is 4.04. The molecule has 0 aromatic heterocycles. The lowest BCUT2D eigenvalue weighted by Crippen LogP contribution is -2.29. The van der Waals surface area contributed by atoms with E-state index in [4.69, 9.17) is 24.3 Å². The fourth-order valence-corrected chi connectivity index (χ4v) is 8.33. The first kappa shape index (κ1) is 69.4. The topological polar surface area (TPSA) is 134 Å². The van der Waals surface area contributed by atoms with Crippen LogP contribution in [-0.2, 0) is 32.7 Å². The van der Waals surface area contributed by atoms with Crippen LogP contribution < -0.4 is 5.73 Å². The number of nitrogens with two attached hydrogens (primary N) is 1. The maximum atomic E-state index is 12.7. The van der Waals surface area contributed by atoms with E-state index in [0.717, 1.165) is 116 Å². The Labute approximate surface area is 447 Å². The third-order valence-electron chi connectivity index (χ3n) is 11.8. The van der Waals surface area contributed by atoms with Crippen molar-refractivity contribution in [3.63, 3.8) is 0 Å². The molecule has 0 aliphatic heterocycles. The molecular formula is C63H106NO8P. The summed E-state index contributed by atoms with van der Waals surface area (Å²) >= 11 is 0. The van der Waals surface area contributed by atoms with Gasteiger partial charge in [0.25, 0.3) is 0 Å². The molecule has 0 aromatic rings. The number of carbonyl (C=O) groups excluding carboxylic acids is 2. The zero-order chi connectivity index (χ0) is 53.1. The van der Waals surface area contributed by atoms with Gasteiger partial charge in [-0.1, -0.05) is 232 Å². The van der Waals surface area contributed by atoms with Gasteiger partial charge in [0.1, 0.15) is 6.61 Å². The first-order valence-electron chi connectivity index (χ1n) is 29.0. The van der Waals surface area contributed by atoms with Gasteiger partial charge in [0.15, 0.2) is 6.10 Å². The maximum absolute atomic E-state index is 12.7. The number of unbranched alkanes of at least 4 members (excludes halogenated alkanes) is 20. The highest BCUT2D eigenvalue weighted by Crippen LogP contribution is 2.43. The molecule has 73 heavy (non-hydrogen) atoms. The number of rotatable bonds is 53. The molecule has 2 atom stereocenters. The largest absolute Gasteiger partial charge is 0.472 e. The number of phosphoric acid groups is 1. The smallest absolute Gasteiger partial charge is 0.462 e. The van der Waals surface area contributed by atoms with Gasteiger partial charge in [-0.15, -0.1) is 0 Å². The highest BCUT2D eigenvalue weighted by atomic mass is 31.2. The average molecular weight is 1040 g/mol. The third-order valence-corrected chi connectivity index (χ3v) is 12.8. The lowest BCUT2D eigenvalue weighted by Gasteiger charge is -2.19.